The molecule has 0 aliphatic heterocycles. The predicted molar refractivity (Wildman–Crippen MR) is 72.9 cm³/mol. The highest BCUT2D eigenvalue weighted by molar-refractivity contribution is 5.47. The minimum atomic E-state index is 0.327. The summed E-state index contributed by atoms with van der Waals surface area (Å²) in [6.45, 7) is 10.5. The average Bonchev–Trinajstić information content (AvgIpc) is 2.21. The molecule has 0 fully saturated rings. The minimum absolute atomic E-state index is 0.327. The molecule has 1 aromatic carbocycles. The highest BCUT2D eigenvalue weighted by Gasteiger charge is 2.13. The summed E-state index contributed by atoms with van der Waals surface area (Å²) in [6, 6.07) is 5.70. The number of aromatic hydroxyl groups is 1. The summed E-state index contributed by atoms with van der Waals surface area (Å²) in [5.74, 6) is 0.939. The molecule has 0 heterocycles. The van der Waals surface area contributed by atoms with Crippen molar-refractivity contribution in [1.82, 2.24) is 4.90 Å². The van der Waals surface area contributed by atoms with E-state index in [-0.39, 0.29) is 0 Å². The van der Waals surface area contributed by atoms with Crippen molar-refractivity contribution < 1.29 is 5.11 Å². The highest BCUT2D eigenvalue weighted by Crippen LogP contribution is 2.22. The second kappa shape index (κ2) is 5.92. The number of phenols is 1. The molecular formula is C14H24N2O. The first kappa shape index (κ1) is 13.8. The summed E-state index contributed by atoms with van der Waals surface area (Å²) < 4.78 is 0. The molecule has 0 aromatic heterocycles. The van der Waals surface area contributed by atoms with E-state index in [0.29, 0.717) is 23.4 Å². The van der Waals surface area contributed by atoms with Crippen molar-refractivity contribution in [3.63, 3.8) is 0 Å². The largest absolute Gasteiger partial charge is 0.508 e. The first-order valence-corrected chi connectivity index (χ1v) is 6.21. The zero-order valence-electron chi connectivity index (χ0n) is 11.3. The molecule has 0 unspecified atom stereocenters. The lowest BCUT2D eigenvalue weighted by atomic mass is 10.1. The summed E-state index contributed by atoms with van der Waals surface area (Å²) in [7, 11) is 0. The molecule has 3 N–H and O–H groups in total. The topological polar surface area (TPSA) is 49.5 Å². The summed E-state index contributed by atoms with van der Waals surface area (Å²) in [5.41, 5.74) is 7.35. The van der Waals surface area contributed by atoms with Crippen molar-refractivity contribution in [2.45, 2.75) is 40.3 Å². The van der Waals surface area contributed by atoms with Gasteiger partial charge in [0.1, 0.15) is 5.75 Å². The Morgan fingerprint density at radius 1 is 1.24 bits per heavy atom. The Morgan fingerprint density at radius 2 is 1.88 bits per heavy atom. The molecule has 96 valence electrons. The molecule has 3 nitrogen and oxygen atoms in total. The smallest absolute Gasteiger partial charge is 0.120 e. The maximum absolute atomic E-state index is 9.82. The van der Waals surface area contributed by atoms with E-state index >= 15 is 0 Å². The van der Waals surface area contributed by atoms with Crippen LogP contribution in [-0.4, -0.2) is 22.6 Å². The monoisotopic (exact) mass is 236 g/mol. The van der Waals surface area contributed by atoms with Gasteiger partial charge >= 0.3 is 0 Å². The first-order valence-electron chi connectivity index (χ1n) is 6.21. The zero-order chi connectivity index (χ0) is 13.0. The molecule has 0 saturated carbocycles. The normalized spacial score (nSPS) is 11.7. The van der Waals surface area contributed by atoms with Crippen molar-refractivity contribution in [3.05, 3.63) is 23.8 Å². The van der Waals surface area contributed by atoms with Gasteiger partial charge in [-0.2, -0.15) is 0 Å². The number of phenolic OH excluding ortho intramolecular Hbond substituents is 1. The Kier molecular flexibility index (Phi) is 4.82. The van der Waals surface area contributed by atoms with E-state index in [2.05, 4.69) is 32.6 Å². The van der Waals surface area contributed by atoms with Crippen LogP contribution in [0.4, 0.5) is 5.69 Å². The van der Waals surface area contributed by atoms with Crippen LogP contribution in [0.3, 0.4) is 0 Å². The van der Waals surface area contributed by atoms with Crippen LogP contribution in [-0.2, 0) is 6.54 Å². The molecular weight excluding hydrogens is 212 g/mol. The second-order valence-corrected chi connectivity index (χ2v) is 5.31. The van der Waals surface area contributed by atoms with Gasteiger partial charge in [-0.15, -0.1) is 0 Å². The minimum Gasteiger partial charge on any atom is -0.508 e. The van der Waals surface area contributed by atoms with E-state index in [1.165, 1.54) is 0 Å². The number of nitrogens with zero attached hydrogens (tertiary/aromatic N) is 1. The predicted octanol–water partition coefficient (Wildman–Crippen LogP) is 2.84. The lowest BCUT2D eigenvalue weighted by molar-refractivity contribution is 0.187. The number of benzene rings is 1. The third-order valence-corrected chi connectivity index (χ3v) is 2.81. The molecule has 0 amide bonds. The Balaban J connectivity index is 2.81. The lowest BCUT2D eigenvalue weighted by Gasteiger charge is -2.28. The van der Waals surface area contributed by atoms with Crippen LogP contribution in [0.15, 0.2) is 18.2 Å². The van der Waals surface area contributed by atoms with Crippen LogP contribution in [0.1, 0.15) is 33.3 Å². The highest BCUT2D eigenvalue weighted by atomic mass is 16.3. The summed E-state index contributed by atoms with van der Waals surface area (Å²) in [6.07, 6.45) is 0. The van der Waals surface area contributed by atoms with Crippen LogP contribution < -0.4 is 5.73 Å². The van der Waals surface area contributed by atoms with Gasteiger partial charge < -0.3 is 10.8 Å². The van der Waals surface area contributed by atoms with Crippen molar-refractivity contribution in [3.8, 4) is 5.75 Å². The Labute approximate surface area is 104 Å². The quantitative estimate of drug-likeness (QED) is 0.610. The van der Waals surface area contributed by atoms with Crippen molar-refractivity contribution >= 4 is 5.69 Å². The maximum Gasteiger partial charge on any atom is 0.120 e. The molecule has 1 rings (SSSR count). The van der Waals surface area contributed by atoms with E-state index < -0.39 is 0 Å². The van der Waals surface area contributed by atoms with Crippen molar-refractivity contribution in [1.29, 1.82) is 0 Å². The van der Waals surface area contributed by atoms with Gasteiger partial charge in [-0.05, 0) is 38.0 Å². The van der Waals surface area contributed by atoms with Gasteiger partial charge in [0.15, 0.2) is 0 Å². The van der Waals surface area contributed by atoms with Crippen LogP contribution >= 0.6 is 0 Å². The maximum atomic E-state index is 9.82. The van der Waals surface area contributed by atoms with Gasteiger partial charge in [-0.25, -0.2) is 0 Å². The van der Waals surface area contributed by atoms with Gasteiger partial charge in [-0.1, -0.05) is 13.8 Å². The Morgan fingerprint density at radius 3 is 2.41 bits per heavy atom. The van der Waals surface area contributed by atoms with Crippen molar-refractivity contribution in [2.75, 3.05) is 12.3 Å². The summed E-state index contributed by atoms with van der Waals surface area (Å²) in [5, 5.41) is 9.82. The van der Waals surface area contributed by atoms with Crippen LogP contribution in [0.5, 0.6) is 5.75 Å². The molecule has 0 radical (unpaired) electrons. The summed E-state index contributed by atoms with van der Waals surface area (Å²) in [4.78, 5) is 2.35. The zero-order valence-corrected chi connectivity index (χ0v) is 11.3. The van der Waals surface area contributed by atoms with E-state index in [9.17, 15) is 5.11 Å². The molecule has 1 aromatic rings. The van der Waals surface area contributed by atoms with E-state index in [1.807, 2.05) is 6.07 Å². The van der Waals surface area contributed by atoms with Gasteiger partial charge in [0.05, 0.1) is 0 Å². The Bertz CT molecular complexity index is 361. The molecule has 0 saturated heterocycles. The molecule has 17 heavy (non-hydrogen) atoms. The molecule has 0 spiro atoms. The van der Waals surface area contributed by atoms with Gasteiger partial charge in [-0.3, -0.25) is 4.90 Å². The number of nitrogen functional groups attached to an aromatic ring is 1. The SMILES string of the molecule is CC(C)CN(Cc1cc(N)ccc1O)C(C)C. The van der Waals surface area contributed by atoms with E-state index in [0.717, 1.165) is 18.7 Å². The number of hydrogen-bond acceptors (Lipinski definition) is 3. The fourth-order valence-electron chi connectivity index (χ4n) is 1.88. The van der Waals surface area contributed by atoms with Crippen LogP contribution in [0.25, 0.3) is 0 Å². The average molecular weight is 236 g/mol. The number of hydrogen-bond donors (Lipinski definition) is 2. The third kappa shape index (κ3) is 4.27. The molecule has 0 aliphatic rings. The lowest BCUT2D eigenvalue weighted by Crippen LogP contribution is -2.33. The van der Waals surface area contributed by atoms with Crippen molar-refractivity contribution in [2.24, 2.45) is 5.92 Å². The fourth-order valence-corrected chi connectivity index (χ4v) is 1.88. The number of rotatable bonds is 5. The molecule has 0 bridgehead atoms. The van der Waals surface area contributed by atoms with Crippen LogP contribution in [0.2, 0.25) is 0 Å². The first-order chi connectivity index (χ1) is 7.90. The van der Waals surface area contributed by atoms with Gasteiger partial charge in [0, 0.05) is 30.4 Å². The number of anilines is 1. The fraction of sp³-hybridized carbons (Fsp3) is 0.571. The van der Waals surface area contributed by atoms with Gasteiger partial charge in [0.2, 0.25) is 0 Å². The Hall–Kier alpha value is -1.22. The third-order valence-electron chi connectivity index (χ3n) is 2.81. The second-order valence-electron chi connectivity index (χ2n) is 5.31. The molecule has 0 aliphatic carbocycles. The standard InChI is InChI=1S/C14H24N2O/c1-10(2)8-16(11(3)4)9-12-7-13(15)5-6-14(12)17/h5-7,10-11,17H,8-9,15H2,1-4H3. The van der Waals surface area contributed by atoms with E-state index in [1.54, 1.807) is 12.1 Å². The summed E-state index contributed by atoms with van der Waals surface area (Å²) >= 11 is 0. The van der Waals surface area contributed by atoms with E-state index in [4.69, 9.17) is 5.73 Å². The number of nitrogens with two attached hydrogens (primary N) is 1. The van der Waals surface area contributed by atoms with Gasteiger partial charge in [0.25, 0.3) is 0 Å². The van der Waals surface area contributed by atoms with Crippen LogP contribution in [0, 0.1) is 5.92 Å². The molecule has 0 atom stereocenters. The molecule has 3 heteroatoms.